The number of rotatable bonds is 4. The highest BCUT2D eigenvalue weighted by molar-refractivity contribution is 6.11. The van der Waals surface area contributed by atoms with E-state index in [0.717, 1.165) is 6.07 Å². The molecule has 0 spiro atoms. The van der Waals surface area contributed by atoms with Gasteiger partial charge in [-0.2, -0.15) is 0 Å². The number of phenols is 1. The molecular formula is C19H20N2O8. The first-order chi connectivity index (χ1) is 13.7. The number of esters is 1. The van der Waals surface area contributed by atoms with Crippen LogP contribution in [-0.4, -0.2) is 41.9 Å². The second-order valence-electron chi connectivity index (χ2n) is 7.09. The first-order valence-electron chi connectivity index (χ1n) is 8.89. The molecule has 0 fully saturated rings. The summed E-state index contributed by atoms with van der Waals surface area (Å²) in [6.07, 6.45) is 0.137. The Labute approximate surface area is 165 Å². The average molecular weight is 404 g/mol. The van der Waals surface area contributed by atoms with Gasteiger partial charge < -0.3 is 19.9 Å². The number of aromatic hydroxyl groups is 1. The fourth-order valence-corrected chi connectivity index (χ4v) is 3.99. The number of nitrogens with one attached hydrogen (secondary N) is 1. The summed E-state index contributed by atoms with van der Waals surface area (Å²) in [5.41, 5.74) is 0.285. The molecule has 3 rings (SSSR count). The quantitative estimate of drug-likeness (QED) is 0.333. The van der Waals surface area contributed by atoms with Gasteiger partial charge in [-0.25, -0.2) is 0 Å². The van der Waals surface area contributed by atoms with E-state index in [4.69, 9.17) is 9.47 Å². The zero-order valence-electron chi connectivity index (χ0n) is 16.1. The lowest BCUT2D eigenvalue weighted by atomic mass is 9.70. The standard InChI is InChI=1S/C19H20N2O8/c1-8-4-11-16(18(24)15(8)19(25)29-3)10(7-14(22)20-11)9-5-12(21(26)27)17(23)13(6-9)28-2/h5-6,8,10,15,23H,4,7H2,1-3H3,(H,20,22)/t8-,10-,15-/m0/s1. The van der Waals surface area contributed by atoms with E-state index in [1.807, 2.05) is 0 Å². The summed E-state index contributed by atoms with van der Waals surface area (Å²) in [6.45, 7) is 1.72. The topological polar surface area (TPSA) is 145 Å². The Morgan fingerprint density at radius 1 is 1.28 bits per heavy atom. The fourth-order valence-electron chi connectivity index (χ4n) is 3.99. The number of hydrogen-bond donors (Lipinski definition) is 2. The number of Topliss-reactive ketones (excluding diaryl/α,β-unsaturated/α-hetero) is 1. The third-order valence-electron chi connectivity index (χ3n) is 5.35. The highest BCUT2D eigenvalue weighted by atomic mass is 16.6. The second-order valence-corrected chi connectivity index (χ2v) is 7.09. The zero-order valence-corrected chi connectivity index (χ0v) is 16.1. The SMILES string of the molecule is COC(=O)[C@@H]1C(=O)C2=C(C[C@@H]1C)NC(=O)C[C@H]2c1cc(OC)c(O)c([N+](=O)[O-])c1. The average Bonchev–Trinajstić information content (AvgIpc) is 2.66. The number of hydrogen-bond acceptors (Lipinski definition) is 8. The van der Waals surface area contributed by atoms with Crippen molar-refractivity contribution >= 4 is 23.3 Å². The number of ether oxygens (including phenoxy) is 2. The number of benzene rings is 1. The lowest BCUT2D eigenvalue weighted by Gasteiger charge is -2.36. The number of carbonyl (C=O) groups is 3. The van der Waals surface area contributed by atoms with Gasteiger partial charge in [0.15, 0.2) is 11.5 Å². The number of allylic oxidation sites excluding steroid dienone is 2. The number of nitrogens with zero attached hydrogens (tertiary/aromatic N) is 1. The van der Waals surface area contributed by atoms with E-state index in [2.05, 4.69) is 5.32 Å². The van der Waals surface area contributed by atoms with Gasteiger partial charge in [0.05, 0.1) is 19.1 Å². The van der Waals surface area contributed by atoms with Gasteiger partial charge in [0.1, 0.15) is 5.92 Å². The van der Waals surface area contributed by atoms with Crippen molar-refractivity contribution in [3.8, 4) is 11.5 Å². The van der Waals surface area contributed by atoms with Gasteiger partial charge in [-0.05, 0) is 24.0 Å². The second kappa shape index (κ2) is 7.53. The molecule has 1 aliphatic carbocycles. The van der Waals surface area contributed by atoms with Crippen LogP contribution in [-0.2, 0) is 19.1 Å². The number of ketones is 1. The Kier molecular flexibility index (Phi) is 5.27. The molecule has 0 unspecified atom stereocenters. The molecule has 1 aliphatic heterocycles. The zero-order chi connectivity index (χ0) is 21.5. The molecule has 10 nitrogen and oxygen atoms in total. The maximum absolute atomic E-state index is 13.2. The van der Waals surface area contributed by atoms with Crippen LogP contribution in [0, 0.1) is 22.0 Å². The summed E-state index contributed by atoms with van der Waals surface area (Å²) in [6, 6.07) is 2.47. The first-order valence-corrected chi connectivity index (χ1v) is 8.89. The molecule has 2 aliphatic rings. The fraction of sp³-hybridized carbons (Fsp3) is 0.421. The predicted octanol–water partition coefficient (Wildman–Crippen LogP) is 1.56. The lowest BCUT2D eigenvalue weighted by Crippen LogP contribution is -2.44. The molecule has 0 radical (unpaired) electrons. The van der Waals surface area contributed by atoms with Crippen LogP contribution in [0.5, 0.6) is 11.5 Å². The van der Waals surface area contributed by atoms with Gasteiger partial charge in [0.2, 0.25) is 11.7 Å². The van der Waals surface area contributed by atoms with Gasteiger partial charge in [-0.15, -0.1) is 0 Å². The molecule has 0 aromatic heterocycles. The van der Waals surface area contributed by atoms with Crippen molar-refractivity contribution in [2.45, 2.75) is 25.7 Å². The molecule has 3 atom stereocenters. The molecule has 0 saturated carbocycles. The Morgan fingerprint density at radius 2 is 1.97 bits per heavy atom. The maximum atomic E-state index is 13.2. The van der Waals surface area contributed by atoms with Crippen molar-refractivity contribution in [2.24, 2.45) is 11.8 Å². The van der Waals surface area contributed by atoms with Crippen molar-refractivity contribution in [1.29, 1.82) is 0 Å². The number of phenolic OH excluding ortho intramolecular Hbond substituents is 1. The van der Waals surface area contributed by atoms with Gasteiger partial charge in [-0.3, -0.25) is 24.5 Å². The van der Waals surface area contributed by atoms with E-state index in [1.165, 1.54) is 20.3 Å². The molecule has 1 aromatic rings. The minimum absolute atomic E-state index is 0.141. The van der Waals surface area contributed by atoms with Crippen LogP contribution in [0.3, 0.4) is 0 Å². The number of nitro groups is 1. The number of amides is 1. The summed E-state index contributed by atoms with van der Waals surface area (Å²) in [5, 5.41) is 24.0. The molecule has 1 aromatic carbocycles. The van der Waals surface area contributed by atoms with Crippen molar-refractivity contribution in [3.05, 3.63) is 39.1 Å². The van der Waals surface area contributed by atoms with E-state index in [0.29, 0.717) is 5.70 Å². The summed E-state index contributed by atoms with van der Waals surface area (Å²) >= 11 is 0. The molecule has 10 heteroatoms. The van der Waals surface area contributed by atoms with Crippen molar-refractivity contribution in [1.82, 2.24) is 5.32 Å². The molecule has 1 heterocycles. The number of methoxy groups -OCH3 is 2. The van der Waals surface area contributed by atoms with E-state index >= 15 is 0 Å². The minimum atomic E-state index is -1.02. The molecular weight excluding hydrogens is 384 g/mol. The summed E-state index contributed by atoms with van der Waals surface area (Å²) < 4.78 is 9.78. The molecule has 154 valence electrons. The molecule has 0 bridgehead atoms. The maximum Gasteiger partial charge on any atom is 0.316 e. The van der Waals surface area contributed by atoms with E-state index < -0.39 is 39.9 Å². The van der Waals surface area contributed by atoms with Gasteiger partial charge >= 0.3 is 11.7 Å². The third kappa shape index (κ3) is 3.41. The largest absolute Gasteiger partial charge is 0.500 e. The van der Waals surface area contributed by atoms with Crippen LogP contribution in [0.2, 0.25) is 0 Å². The van der Waals surface area contributed by atoms with E-state index in [9.17, 15) is 29.6 Å². The van der Waals surface area contributed by atoms with Crippen molar-refractivity contribution in [2.75, 3.05) is 14.2 Å². The molecule has 29 heavy (non-hydrogen) atoms. The third-order valence-corrected chi connectivity index (χ3v) is 5.35. The van der Waals surface area contributed by atoms with Crippen LogP contribution < -0.4 is 10.1 Å². The Morgan fingerprint density at radius 3 is 2.55 bits per heavy atom. The highest BCUT2D eigenvalue weighted by Crippen LogP contribution is 2.46. The number of carbonyl (C=O) groups excluding carboxylic acids is 3. The minimum Gasteiger partial charge on any atom is -0.500 e. The Hall–Kier alpha value is -3.43. The van der Waals surface area contributed by atoms with Crippen molar-refractivity contribution in [3.63, 3.8) is 0 Å². The van der Waals surface area contributed by atoms with Crippen LogP contribution in [0.1, 0.15) is 31.2 Å². The monoisotopic (exact) mass is 404 g/mol. The van der Waals surface area contributed by atoms with E-state index in [1.54, 1.807) is 6.92 Å². The van der Waals surface area contributed by atoms with Crippen LogP contribution in [0.15, 0.2) is 23.4 Å². The first kappa shape index (κ1) is 20.3. The highest BCUT2D eigenvalue weighted by Gasteiger charge is 2.46. The van der Waals surface area contributed by atoms with Gasteiger partial charge in [-0.1, -0.05) is 6.92 Å². The van der Waals surface area contributed by atoms with Crippen molar-refractivity contribution < 1.29 is 33.9 Å². The Bertz CT molecular complexity index is 952. The molecule has 1 amide bonds. The van der Waals surface area contributed by atoms with E-state index in [-0.39, 0.29) is 41.6 Å². The van der Waals surface area contributed by atoms with Crippen LogP contribution in [0.4, 0.5) is 5.69 Å². The summed E-state index contributed by atoms with van der Waals surface area (Å²) in [7, 11) is 2.43. The number of nitro benzene ring substituents is 1. The Balaban J connectivity index is 2.17. The normalized spacial score (nSPS) is 23.9. The van der Waals surface area contributed by atoms with Gasteiger partial charge in [0, 0.05) is 29.7 Å². The summed E-state index contributed by atoms with van der Waals surface area (Å²) in [5.74, 6) is -4.51. The van der Waals surface area contributed by atoms with Crippen LogP contribution in [0.25, 0.3) is 0 Å². The lowest BCUT2D eigenvalue weighted by molar-refractivity contribution is -0.386. The summed E-state index contributed by atoms with van der Waals surface area (Å²) in [4.78, 5) is 48.2. The van der Waals surface area contributed by atoms with Crippen LogP contribution >= 0.6 is 0 Å². The molecule has 2 N–H and O–H groups in total. The predicted molar refractivity (Wildman–Crippen MR) is 98.1 cm³/mol. The van der Waals surface area contributed by atoms with Gasteiger partial charge in [0.25, 0.3) is 0 Å². The molecule has 0 saturated heterocycles. The smallest absolute Gasteiger partial charge is 0.316 e.